The van der Waals surface area contributed by atoms with Gasteiger partial charge in [0.25, 0.3) is 5.69 Å². The summed E-state index contributed by atoms with van der Waals surface area (Å²) in [4.78, 5) is 12.2. The molecule has 0 atom stereocenters. The Hall–Kier alpha value is -2.81. The Bertz CT molecular complexity index is 644. The summed E-state index contributed by atoms with van der Waals surface area (Å²) in [5, 5.41) is 19.9. The minimum Gasteiger partial charge on any atom is -0.467 e. The van der Waals surface area contributed by atoms with Crippen LogP contribution in [0.5, 0.6) is 0 Å². The van der Waals surface area contributed by atoms with Gasteiger partial charge in [-0.3, -0.25) is 10.1 Å². The third-order valence-electron chi connectivity index (χ3n) is 2.96. The molecule has 0 bridgehead atoms. The van der Waals surface area contributed by atoms with Gasteiger partial charge in [-0.2, -0.15) is 5.26 Å². The fourth-order valence-corrected chi connectivity index (χ4v) is 1.96. The molecule has 0 radical (unpaired) electrons. The van der Waals surface area contributed by atoms with E-state index in [1.54, 1.807) is 18.4 Å². The Labute approximate surface area is 116 Å². The summed E-state index contributed by atoms with van der Waals surface area (Å²) in [6, 6.07) is 9.95. The third kappa shape index (κ3) is 2.78. The average molecular weight is 271 g/mol. The maximum absolute atomic E-state index is 10.7. The van der Waals surface area contributed by atoms with Crippen LogP contribution in [0.1, 0.15) is 18.2 Å². The summed E-state index contributed by atoms with van der Waals surface area (Å²) in [5.41, 5.74) is 0.865. The summed E-state index contributed by atoms with van der Waals surface area (Å²) in [6.07, 6.45) is 1.59. The maximum Gasteiger partial charge on any atom is 0.270 e. The first kappa shape index (κ1) is 13.6. The van der Waals surface area contributed by atoms with E-state index >= 15 is 0 Å². The SMILES string of the molecule is CCN(Cc1ccco1)c1ccc([N+](=O)[O-])cc1C#N. The normalized spacial score (nSPS) is 10.0. The van der Waals surface area contributed by atoms with Crippen LogP contribution in [0.25, 0.3) is 0 Å². The number of anilines is 1. The molecular formula is C14H13N3O3. The molecule has 0 amide bonds. The number of nitriles is 1. The molecular weight excluding hydrogens is 258 g/mol. The Morgan fingerprint density at radius 3 is 2.80 bits per heavy atom. The van der Waals surface area contributed by atoms with Crippen LogP contribution < -0.4 is 4.90 Å². The molecule has 2 rings (SSSR count). The molecule has 20 heavy (non-hydrogen) atoms. The van der Waals surface area contributed by atoms with E-state index in [-0.39, 0.29) is 11.3 Å². The first-order valence-corrected chi connectivity index (χ1v) is 6.11. The van der Waals surface area contributed by atoms with Gasteiger partial charge < -0.3 is 9.32 Å². The molecule has 0 spiro atoms. The minimum absolute atomic E-state index is 0.0839. The molecule has 0 aliphatic rings. The van der Waals surface area contributed by atoms with Crippen LogP contribution >= 0.6 is 0 Å². The third-order valence-corrected chi connectivity index (χ3v) is 2.96. The highest BCUT2D eigenvalue weighted by Crippen LogP contribution is 2.26. The molecule has 102 valence electrons. The zero-order valence-corrected chi connectivity index (χ0v) is 10.9. The quantitative estimate of drug-likeness (QED) is 0.616. The largest absolute Gasteiger partial charge is 0.467 e. The number of nitro benzene ring substituents is 1. The van der Waals surface area contributed by atoms with Gasteiger partial charge in [-0.15, -0.1) is 0 Å². The van der Waals surface area contributed by atoms with E-state index < -0.39 is 4.92 Å². The fraction of sp³-hybridized carbons (Fsp3) is 0.214. The highest BCUT2D eigenvalue weighted by Gasteiger charge is 2.15. The average Bonchev–Trinajstić information content (AvgIpc) is 2.97. The Kier molecular flexibility index (Phi) is 4.01. The van der Waals surface area contributed by atoms with Gasteiger partial charge in [0.2, 0.25) is 0 Å². The van der Waals surface area contributed by atoms with Crippen molar-refractivity contribution in [1.82, 2.24) is 0 Å². The number of nitrogens with zero attached hydrogens (tertiary/aromatic N) is 3. The van der Waals surface area contributed by atoms with Crippen LogP contribution in [-0.4, -0.2) is 11.5 Å². The molecule has 2 aromatic rings. The van der Waals surface area contributed by atoms with E-state index in [0.717, 1.165) is 5.76 Å². The topological polar surface area (TPSA) is 83.3 Å². The molecule has 1 heterocycles. The molecule has 0 fully saturated rings. The molecule has 1 aromatic heterocycles. The van der Waals surface area contributed by atoms with Gasteiger partial charge in [0.15, 0.2) is 0 Å². The van der Waals surface area contributed by atoms with Gasteiger partial charge in [0.05, 0.1) is 29.0 Å². The lowest BCUT2D eigenvalue weighted by atomic mass is 10.1. The fourth-order valence-electron chi connectivity index (χ4n) is 1.96. The van der Waals surface area contributed by atoms with Crippen molar-refractivity contribution in [3.05, 3.63) is 58.0 Å². The van der Waals surface area contributed by atoms with Crippen LogP contribution in [0, 0.1) is 21.4 Å². The lowest BCUT2D eigenvalue weighted by Gasteiger charge is -2.22. The predicted octanol–water partition coefficient (Wildman–Crippen LogP) is 3.09. The van der Waals surface area contributed by atoms with Crippen LogP contribution in [0.3, 0.4) is 0 Å². The van der Waals surface area contributed by atoms with Crippen molar-refractivity contribution in [3.63, 3.8) is 0 Å². The van der Waals surface area contributed by atoms with E-state index in [4.69, 9.17) is 4.42 Å². The van der Waals surface area contributed by atoms with Crippen molar-refractivity contribution in [2.45, 2.75) is 13.5 Å². The van der Waals surface area contributed by atoms with Crippen molar-refractivity contribution >= 4 is 11.4 Å². The highest BCUT2D eigenvalue weighted by molar-refractivity contribution is 5.62. The second kappa shape index (κ2) is 5.89. The highest BCUT2D eigenvalue weighted by atomic mass is 16.6. The van der Waals surface area contributed by atoms with E-state index in [1.165, 1.54) is 12.1 Å². The van der Waals surface area contributed by atoms with Crippen LogP contribution in [-0.2, 0) is 6.54 Å². The summed E-state index contributed by atoms with van der Waals surface area (Å²) in [7, 11) is 0. The molecule has 0 saturated carbocycles. The van der Waals surface area contributed by atoms with Crippen molar-refractivity contribution in [3.8, 4) is 6.07 Å². The standard InChI is InChI=1S/C14H13N3O3/c1-2-16(10-13-4-3-7-20-13)14-6-5-12(17(18)19)8-11(14)9-15/h3-8H,2,10H2,1H3. The summed E-state index contributed by atoms with van der Waals surface area (Å²) in [6.45, 7) is 3.12. The summed E-state index contributed by atoms with van der Waals surface area (Å²) < 4.78 is 5.29. The predicted molar refractivity (Wildman–Crippen MR) is 73.2 cm³/mol. The Balaban J connectivity index is 2.34. The van der Waals surface area contributed by atoms with Crippen LogP contribution in [0.4, 0.5) is 11.4 Å². The van der Waals surface area contributed by atoms with Gasteiger partial charge in [0, 0.05) is 18.7 Å². The minimum atomic E-state index is -0.507. The zero-order valence-electron chi connectivity index (χ0n) is 10.9. The van der Waals surface area contributed by atoms with Gasteiger partial charge in [-0.1, -0.05) is 0 Å². The number of nitro groups is 1. The number of furan rings is 1. The van der Waals surface area contributed by atoms with Gasteiger partial charge in [-0.25, -0.2) is 0 Å². The van der Waals surface area contributed by atoms with Gasteiger partial charge in [-0.05, 0) is 25.1 Å². The molecule has 0 aliphatic heterocycles. The van der Waals surface area contributed by atoms with E-state index in [2.05, 4.69) is 0 Å². The number of hydrogen-bond acceptors (Lipinski definition) is 5. The van der Waals surface area contributed by atoms with Crippen LogP contribution in [0.15, 0.2) is 41.0 Å². The Morgan fingerprint density at radius 2 is 2.25 bits per heavy atom. The van der Waals surface area contributed by atoms with E-state index in [9.17, 15) is 15.4 Å². The smallest absolute Gasteiger partial charge is 0.270 e. The maximum atomic E-state index is 10.7. The lowest BCUT2D eigenvalue weighted by molar-refractivity contribution is -0.384. The van der Waals surface area contributed by atoms with Crippen molar-refractivity contribution < 1.29 is 9.34 Å². The first-order valence-electron chi connectivity index (χ1n) is 6.11. The second-order valence-electron chi connectivity index (χ2n) is 4.16. The van der Waals surface area contributed by atoms with Gasteiger partial charge in [0.1, 0.15) is 11.8 Å². The number of non-ortho nitro benzene ring substituents is 1. The second-order valence-corrected chi connectivity index (χ2v) is 4.16. The van der Waals surface area contributed by atoms with E-state index in [1.807, 2.05) is 24.0 Å². The number of hydrogen-bond donors (Lipinski definition) is 0. The molecule has 6 nitrogen and oxygen atoms in total. The number of benzene rings is 1. The monoisotopic (exact) mass is 271 g/mol. The first-order chi connectivity index (χ1) is 9.65. The molecule has 6 heteroatoms. The van der Waals surface area contributed by atoms with Crippen molar-refractivity contribution in [2.24, 2.45) is 0 Å². The zero-order chi connectivity index (χ0) is 14.5. The number of rotatable bonds is 5. The summed E-state index contributed by atoms with van der Waals surface area (Å²) in [5.74, 6) is 0.772. The van der Waals surface area contributed by atoms with Gasteiger partial charge >= 0.3 is 0 Å². The molecule has 0 aliphatic carbocycles. The Morgan fingerprint density at radius 1 is 1.45 bits per heavy atom. The molecule has 0 saturated heterocycles. The van der Waals surface area contributed by atoms with Crippen molar-refractivity contribution in [1.29, 1.82) is 5.26 Å². The van der Waals surface area contributed by atoms with E-state index in [0.29, 0.717) is 18.8 Å². The lowest BCUT2D eigenvalue weighted by Crippen LogP contribution is -2.22. The van der Waals surface area contributed by atoms with Crippen LogP contribution in [0.2, 0.25) is 0 Å². The molecule has 1 aromatic carbocycles. The summed E-state index contributed by atoms with van der Waals surface area (Å²) >= 11 is 0. The molecule has 0 unspecified atom stereocenters. The molecule has 0 N–H and O–H groups in total. The van der Waals surface area contributed by atoms with Crippen molar-refractivity contribution in [2.75, 3.05) is 11.4 Å².